The highest BCUT2D eigenvalue weighted by Gasteiger charge is 2.40. The van der Waals surface area contributed by atoms with E-state index >= 15 is 0 Å². The van der Waals surface area contributed by atoms with Gasteiger partial charge in [-0.15, -0.1) is 8.58 Å². The molecule has 0 N–H and O–H groups in total. The Morgan fingerprint density at radius 1 is 1.19 bits per heavy atom. The molecule has 1 aliphatic carbocycles. The second-order valence-electron chi connectivity index (χ2n) is 8.36. The minimum Gasteiger partial charge on any atom is -0.119 e. The highest BCUT2D eigenvalue weighted by molar-refractivity contribution is 7.38. The van der Waals surface area contributed by atoms with Gasteiger partial charge in [0.1, 0.15) is 0 Å². The number of hydrogen-bond acceptors (Lipinski definition) is 0. The van der Waals surface area contributed by atoms with Crippen LogP contribution in [-0.2, 0) is 0 Å². The fraction of sp³-hybridized carbons (Fsp3) is 0.900. The van der Waals surface area contributed by atoms with Gasteiger partial charge >= 0.3 is 0 Å². The lowest BCUT2D eigenvalue weighted by Gasteiger charge is -2.23. The van der Waals surface area contributed by atoms with Crippen molar-refractivity contribution in [2.24, 2.45) is 29.1 Å². The molecule has 5 unspecified atom stereocenters. The second-order valence-corrected chi connectivity index (χ2v) is 10.3. The summed E-state index contributed by atoms with van der Waals surface area (Å²) >= 11 is 0. The van der Waals surface area contributed by atoms with Gasteiger partial charge in [0.15, 0.2) is 0 Å². The fourth-order valence-electron chi connectivity index (χ4n) is 3.91. The summed E-state index contributed by atoms with van der Waals surface area (Å²) in [5.41, 5.74) is 1.38. The zero-order chi connectivity index (χ0) is 16.0. The van der Waals surface area contributed by atoms with Crippen LogP contribution in [0.15, 0.2) is 12.2 Å². The van der Waals surface area contributed by atoms with Crippen molar-refractivity contribution in [3.63, 3.8) is 0 Å². The lowest BCUT2D eigenvalue weighted by Crippen LogP contribution is -2.12. The van der Waals surface area contributed by atoms with Gasteiger partial charge < -0.3 is 0 Å². The first-order valence-electron chi connectivity index (χ1n) is 9.21. The third-order valence-corrected chi connectivity index (χ3v) is 6.64. The zero-order valence-electron chi connectivity index (χ0n) is 15.6. The standard InChI is InChI=1S/C20H39P/c1-8-18(21-9-2)12-17-13-19(17)16(5)10-11-20(6,7)14-15(3)4/h10-11,15-19,21H,8-9,12-14H2,1-7H3. The monoisotopic (exact) mass is 310 g/mol. The molecule has 0 aromatic carbocycles. The lowest BCUT2D eigenvalue weighted by atomic mass is 9.82. The van der Waals surface area contributed by atoms with Crippen LogP contribution in [0.4, 0.5) is 0 Å². The van der Waals surface area contributed by atoms with E-state index in [1.54, 1.807) is 0 Å². The largest absolute Gasteiger partial charge is 0.119 e. The molecular formula is C20H39P. The molecule has 1 heteroatoms. The van der Waals surface area contributed by atoms with Gasteiger partial charge in [0.05, 0.1) is 0 Å². The Hall–Kier alpha value is 0.170. The van der Waals surface area contributed by atoms with E-state index in [0.717, 1.165) is 29.3 Å². The first kappa shape index (κ1) is 19.2. The maximum Gasteiger partial charge on any atom is -0.0172 e. The summed E-state index contributed by atoms with van der Waals surface area (Å²) in [4.78, 5) is 0. The van der Waals surface area contributed by atoms with E-state index in [9.17, 15) is 0 Å². The molecule has 0 aromatic heterocycles. The first-order chi connectivity index (χ1) is 9.79. The van der Waals surface area contributed by atoms with Crippen LogP contribution >= 0.6 is 8.58 Å². The maximum absolute atomic E-state index is 2.52. The molecule has 0 aliphatic heterocycles. The van der Waals surface area contributed by atoms with Crippen molar-refractivity contribution in [2.45, 2.75) is 79.8 Å². The quantitative estimate of drug-likeness (QED) is 0.309. The average Bonchev–Trinajstić information content (AvgIpc) is 3.13. The van der Waals surface area contributed by atoms with Crippen LogP contribution in [0.5, 0.6) is 0 Å². The van der Waals surface area contributed by atoms with E-state index in [2.05, 4.69) is 60.6 Å². The van der Waals surface area contributed by atoms with Gasteiger partial charge in [-0.1, -0.05) is 60.6 Å². The van der Waals surface area contributed by atoms with Crippen LogP contribution in [-0.4, -0.2) is 11.8 Å². The number of hydrogen-bond donors (Lipinski definition) is 0. The van der Waals surface area contributed by atoms with Crippen molar-refractivity contribution in [1.29, 1.82) is 0 Å². The molecule has 0 amide bonds. The molecule has 1 rings (SSSR count). The van der Waals surface area contributed by atoms with Crippen molar-refractivity contribution in [3.05, 3.63) is 12.2 Å². The van der Waals surface area contributed by atoms with Crippen molar-refractivity contribution in [2.75, 3.05) is 6.16 Å². The molecule has 0 spiro atoms. The summed E-state index contributed by atoms with van der Waals surface area (Å²) < 4.78 is 0. The van der Waals surface area contributed by atoms with Crippen LogP contribution in [0.1, 0.15) is 74.1 Å². The minimum atomic E-state index is 0.363. The van der Waals surface area contributed by atoms with Gasteiger partial charge in [0, 0.05) is 0 Å². The highest BCUT2D eigenvalue weighted by Crippen LogP contribution is 2.50. The Morgan fingerprint density at radius 2 is 1.86 bits per heavy atom. The number of allylic oxidation sites excluding steroid dienone is 2. The Morgan fingerprint density at radius 3 is 2.38 bits per heavy atom. The summed E-state index contributed by atoms with van der Waals surface area (Å²) in [5, 5.41) is 0. The molecular weight excluding hydrogens is 271 g/mol. The van der Waals surface area contributed by atoms with Gasteiger partial charge in [-0.3, -0.25) is 0 Å². The molecule has 0 aromatic rings. The Balaban J connectivity index is 2.39. The van der Waals surface area contributed by atoms with Crippen LogP contribution in [0.2, 0.25) is 0 Å². The van der Waals surface area contributed by atoms with Crippen LogP contribution in [0, 0.1) is 29.1 Å². The van der Waals surface area contributed by atoms with E-state index in [-0.39, 0.29) is 0 Å². The summed E-state index contributed by atoms with van der Waals surface area (Å²) in [5.74, 6) is 3.58. The van der Waals surface area contributed by atoms with Crippen LogP contribution in [0.3, 0.4) is 0 Å². The molecule has 0 bridgehead atoms. The average molecular weight is 311 g/mol. The molecule has 0 nitrogen and oxygen atoms in total. The van der Waals surface area contributed by atoms with Gasteiger partial charge in [-0.2, -0.15) is 0 Å². The molecule has 0 radical (unpaired) electrons. The van der Waals surface area contributed by atoms with Gasteiger partial charge in [-0.25, -0.2) is 0 Å². The van der Waals surface area contributed by atoms with Crippen molar-refractivity contribution < 1.29 is 0 Å². The third-order valence-electron chi connectivity index (χ3n) is 5.01. The molecule has 1 saturated carbocycles. The molecule has 1 aliphatic rings. The van der Waals surface area contributed by atoms with Crippen molar-refractivity contribution in [1.82, 2.24) is 0 Å². The van der Waals surface area contributed by atoms with Crippen LogP contribution in [0.25, 0.3) is 0 Å². The predicted molar refractivity (Wildman–Crippen MR) is 101 cm³/mol. The maximum atomic E-state index is 2.52. The predicted octanol–water partition coefficient (Wildman–Crippen LogP) is 6.75. The van der Waals surface area contributed by atoms with Crippen molar-refractivity contribution >= 4 is 8.58 Å². The van der Waals surface area contributed by atoms with E-state index in [1.807, 2.05) is 0 Å². The van der Waals surface area contributed by atoms with Gasteiger partial charge in [0.25, 0.3) is 0 Å². The van der Waals surface area contributed by atoms with Gasteiger partial charge in [-0.05, 0) is 66.6 Å². The fourth-order valence-corrected chi connectivity index (χ4v) is 5.25. The first-order valence-corrected chi connectivity index (χ1v) is 10.5. The Bertz CT molecular complexity index is 316. The molecule has 0 saturated heterocycles. The number of rotatable bonds is 10. The third kappa shape index (κ3) is 7.32. The normalized spacial score (nSPS) is 26.1. The molecule has 21 heavy (non-hydrogen) atoms. The Kier molecular flexibility index (Phi) is 7.97. The van der Waals surface area contributed by atoms with E-state index < -0.39 is 0 Å². The zero-order valence-corrected chi connectivity index (χ0v) is 16.6. The summed E-state index contributed by atoms with van der Waals surface area (Å²) in [7, 11) is 1.19. The van der Waals surface area contributed by atoms with E-state index in [0.29, 0.717) is 5.41 Å². The Labute approximate surface area is 136 Å². The summed E-state index contributed by atoms with van der Waals surface area (Å²) in [6.45, 7) is 16.6. The van der Waals surface area contributed by atoms with E-state index in [4.69, 9.17) is 0 Å². The topological polar surface area (TPSA) is 0 Å². The lowest BCUT2D eigenvalue weighted by molar-refractivity contribution is 0.363. The molecule has 124 valence electrons. The van der Waals surface area contributed by atoms with Gasteiger partial charge in [0.2, 0.25) is 0 Å². The smallest absolute Gasteiger partial charge is 0.0172 e. The van der Waals surface area contributed by atoms with Crippen molar-refractivity contribution in [3.8, 4) is 0 Å². The molecule has 0 heterocycles. The summed E-state index contributed by atoms with van der Waals surface area (Å²) in [6.07, 6.45) is 12.1. The minimum absolute atomic E-state index is 0.363. The highest BCUT2D eigenvalue weighted by atomic mass is 31.1. The second kappa shape index (κ2) is 8.71. The summed E-state index contributed by atoms with van der Waals surface area (Å²) in [6, 6.07) is 0. The molecule has 5 atom stereocenters. The molecule has 1 fully saturated rings. The van der Waals surface area contributed by atoms with E-state index in [1.165, 1.54) is 40.4 Å². The SMILES string of the molecule is CCPC(CC)CC1CC1C(C)C=CC(C)(C)CC(C)C. The van der Waals surface area contributed by atoms with Crippen LogP contribution < -0.4 is 0 Å².